The summed E-state index contributed by atoms with van der Waals surface area (Å²) in [6.07, 6.45) is 6.94. The summed E-state index contributed by atoms with van der Waals surface area (Å²) >= 11 is 0. The number of amides is 2. The van der Waals surface area contributed by atoms with Crippen molar-refractivity contribution in [3.05, 3.63) is 0 Å². The zero-order chi connectivity index (χ0) is 16.8. The molecule has 0 aromatic rings. The lowest BCUT2D eigenvalue weighted by Crippen LogP contribution is -2.69. The van der Waals surface area contributed by atoms with Crippen LogP contribution in [0, 0.1) is 5.41 Å². The Labute approximate surface area is 140 Å². The molecule has 0 aromatic carbocycles. The van der Waals surface area contributed by atoms with Crippen molar-refractivity contribution in [1.29, 1.82) is 0 Å². The number of fused-ring (bicyclic) bond motifs is 2. The number of ether oxygens (including phenoxy) is 1. The van der Waals surface area contributed by atoms with Crippen LogP contribution in [0.5, 0.6) is 0 Å². The van der Waals surface area contributed by atoms with Crippen LogP contribution >= 0.6 is 0 Å². The molecule has 5 nitrogen and oxygen atoms in total. The van der Waals surface area contributed by atoms with E-state index in [0.717, 1.165) is 19.3 Å². The summed E-state index contributed by atoms with van der Waals surface area (Å²) in [7, 11) is 4.00. The van der Waals surface area contributed by atoms with Crippen molar-refractivity contribution < 1.29 is 9.53 Å². The van der Waals surface area contributed by atoms with Crippen LogP contribution in [0.2, 0.25) is 0 Å². The van der Waals surface area contributed by atoms with Gasteiger partial charge in [0.05, 0.1) is 5.60 Å². The minimum Gasteiger partial charge on any atom is -0.378 e. The van der Waals surface area contributed by atoms with Crippen LogP contribution < -0.4 is 10.6 Å². The summed E-state index contributed by atoms with van der Waals surface area (Å²) in [6.45, 7) is 6.47. The van der Waals surface area contributed by atoms with Crippen molar-refractivity contribution in [2.75, 3.05) is 14.2 Å². The summed E-state index contributed by atoms with van der Waals surface area (Å²) in [5.74, 6) is 0. The molecule has 5 heteroatoms. The van der Waals surface area contributed by atoms with E-state index in [1.165, 1.54) is 19.3 Å². The molecule has 23 heavy (non-hydrogen) atoms. The minimum absolute atomic E-state index is 0.00569. The number of methoxy groups -OCH3 is 1. The number of piperidine rings is 2. The highest BCUT2D eigenvalue weighted by molar-refractivity contribution is 5.75. The molecule has 2 saturated heterocycles. The highest BCUT2D eigenvalue weighted by Crippen LogP contribution is 2.51. The zero-order valence-electron chi connectivity index (χ0n) is 15.3. The number of nitrogens with zero attached hydrogens (tertiary/aromatic N) is 1. The Hall–Kier alpha value is -0.810. The molecule has 3 fully saturated rings. The van der Waals surface area contributed by atoms with Crippen LogP contribution in [0.15, 0.2) is 0 Å². The predicted octanol–water partition coefficient (Wildman–Crippen LogP) is 2.50. The largest absolute Gasteiger partial charge is 0.378 e. The fraction of sp³-hybridized carbons (Fsp3) is 0.944. The molecule has 3 rings (SSSR count). The first-order valence-electron chi connectivity index (χ1n) is 9.11. The van der Waals surface area contributed by atoms with E-state index in [1.54, 1.807) is 7.11 Å². The number of nitrogens with one attached hydrogen (secondary N) is 2. The normalized spacial score (nSPS) is 42.7. The third-order valence-corrected chi connectivity index (χ3v) is 7.26. The first-order valence-corrected chi connectivity index (χ1v) is 9.11. The summed E-state index contributed by atoms with van der Waals surface area (Å²) < 4.78 is 5.64. The lowest BCUT2D eigenvalue weighted by Gasteiger charge is -2.59. The molecule has 0 spiro atoms. The topological polar surface area (TPSA) is 53.6 Å². The lowest BCUT2D eigenvalue weighted by atomic mass is 9.56. The predicted molar refractivity (Wildman–Crippen MR) is 91.5 cm³/mol. The smallest absolute Gasteiger partial charge is 0.315 e. The number of hydrogen-bond donors (Lipinski definition) is 2. The summed E-state index contributed by atoms with van der Waals surface area (Å²) in [4.78, 5) is 15.0. The maximum atomic E-state index is 12.4. The third-order valence-electron chi connectivity index (χ3n) is 7.26. The molecule has 2 aliphatic heterocycles. The second-order valence-electron chi connectivity index (χ2n) is 8.60. The van der Waals surface area contributed by atoms with E-state index in [0.29, 0.717) is 18.1 Å². The van der Waals surface area contributed by atoms with E-state index in [1.807, 2.05) is 0 Å². The van der Waals surface area contributed by atoms with Gasteiger partial charge in [-0.2, -0.15) is 0 Å². The Morgan fingerprint density at radius 1 is 1.13 bits per heavy atom. The Kier molecular flexibility index (Phi) is 4.38. The van der Waals surface area contributed by atoms with Gasteiger partial charge in [0, 0.05) is 36.7 Å². The maximum absolute atomic E-state index is 12.4. The van der Waals surface area contributed by atoms with Crippen molar-refractivity contribution >= 4 is 6.03 Å². The van der Waals surface area contributed by atoms with Gasteiger partial charge in [-0.05, 0) is 46.1 Å². The average molecular weight is 323 g/mol. The lowest BCUT2D eigenvalue weighted by molar-refractivity contribution is -0.177. The van der Waals surface area contributed by atoms with E-state index < -0.39 is 0 Å². The van der Waals surface area contributed by atoms with Crippen molar-refractivity contribution in [3.63, 3.8) is 0 Å². The van der Waals surface area contributed by atoms with Crippen molar-refractivity contribution in [3.8, 4) is 0 Å². The van der Waals surface area contributed by atoms with Gasteiger partial charge in [0.15, 0.2) is 0 Å². The molecule has 4 atom stereocenters. The van der Waals surface area contributed by atoms with E-state index >= 15 is 0 Å². The minimum atomic E-state index is -0.143. The Morgan fingerprint density at radius 2 is 1.74 bits per heavy atom. The van der Waals surface area contributed by atoms with Crippen molar-refractivity contribution in [2.45, 2.75) is 89.1 Å². The van der Waals surface area contributed by atoms with E-state index in [-0.39, 0.29) is 23.1 Å². The molecule has 1 aliphatic carbocycles. The van der Waals surface area contributed by atoms with Crippen LogP contribution in [0.3, 0.4) is 0 Å². The quantitative estimate of drug-likeness (QED) is 0.839. The van der Waals surface area contributed by atoms with Gasteiger partial charge in [0.2, 0.25) is 0 Å². The monoisotopic (exact) mass is 323 g/mol. The fourth-order valence-electron chi connectivity index (χ4n) is 4.84. The molecule has 4 unspecified atom stereocenters. The van der Waals surface area contributed by atoms with Gasteiger partial charge in [-0.15, -0.1) is 0 Å². The summed E-state index contributed by atoms with van der Waals surface area (Å²) in [5.41, 5.74) is -0.183. The molecule has 2 N–H and O–H groups in total. The third kappa shape index (κ3) is 2.86. The SMILES string of the molecule is COC1(C)CC(NC(=O)NC2CC3CCCC(C2)N3C)C1(C)C. The molecular formula is C18H33N3O2. The molecule has 2 heterocycles. The van der Waals surface area contributed by atoms with Gasteiger partial charge in [-0.25, -0.2) is 4.79 Å². The van der Waals surface area contributed by atoms with Gasteiger partial charge in [0.25, 0.3) is 0 Å². The number of urea groups is 1. The second kappa shape index (κ2) is 5.92. The summed E-state index contributed by atoms with van der Waals surface area (Å²) in [6, 6.07) is 1.78. The number of carbonyl (C=O) groups excluding carboxylic acids is 1. The fourth-order valence-corrected chi connectivity index (χ4v) is 4.84. The molecule has 1 saturated carbocycles. The van der Waals surface area contributed by atoms with Crippen LogP contribution in [0.4, 0.5) is 4.79 Å². The first kappa shape index (κ1) is 17.0. The van der Waals surface area contributed by atoms with E-state index in [4.69, 9.17) is 4.74 Å². The molecule has 3 aliphatic rings. The molecule has 0 radical (unpaired) electrons. The van der Waals surface area contributed by atoms with Gasteiger partial charge >= 0.3 is 6.03 Å². The number of rotatable bonds is 3. The van der Waals surface area contributed by atoms with Gasteiger partial charge in [-0.1, -0.05) is 20.3 Å². The van der Waals surface area contributed by atoms with Crippen molar-refractivity contribution in [2.24, 2.45) is 5.41 Å². The standard InChI is InChI=1S/C18H33N3O2/c1-17(2)15(11-18(17,3)23-5)20-16(22)19-12-9-13-7-6-8-14(10-12)21(13)4/h12-15H,6-11H2,1-5H3,(H2,19,20,22). The van der Waals surface area contributed by atoms with Crippen LogP contribution in [0.25, 0.3) is 0 Å². The zero-order valence-corrected chi connectivity index (χ0v) is 15.3. The maximum Gasteiger partial charge on any atom is 0.315 e. The molecule has 2 amide bonds. The van der Waals surface area contributed by atoms with Gasteiger partial charge < -0.3 is 20.3 Å². The van der Waals surface area contributed by atoms with Gasteiger partial charge in [0.1, 0.15) is 0 Å². The van der Waals surface area contributed by atoms with E-state index in [2.05, 4.69) is 43.4 Å². The highest BCUT2D eigenvalue weighted by atomic mass is 16.5. The second-order valence-corrected chi connectivity index (χ2v) is 8.60. The molecule has 2 bridgehead atoms. The average Bonchev–Trinajstić information content (AvgIpc) is 2.47. The molecule has 0 aromatic heterocycles. The van der Waals surface area contributed by atoms with Crippen LogP contribution in [-0.2, 0) is 4.74 Å². The first-order chi connectivity index (χ1) is 10.8. The Morgan fingerprint density at radius 3 is 2.26 bits per heavy atom. The molecule has 132 valence electrons. The van der Waals surface area contributed by atoms with Crippen LogP contribution in [-0.4, -0.2) is 54.9 Å². The summed E-state index contributed by atoms with van der Waals surface area (Å²) in [5, 5.41) is 6.41. The van der Waals surface area contributed by atoms with Gasteiger partial charge in [-0.3, -0.25) is 0 Å². The molecular weight excluding hydrogens is 290 g/mol. The van der Waals surface area contributed by atoms with Crippen molar-refractivity contribution in [1.82, 2.24) is 15.5 Å². The van der Waals surface area contributed by atoms with E-state index in [9.17, 15) is 4.79 Å². The number of hydrogen-bond acceptors (Lipinski definition) is 3. The Bertz CT molecular complexity index is 453. The Balaban J connectivity index is 1.51. The number of carbonyl (C=O) groups is 1. The highest BCUT2D eigenvalue weighted by Gasteiger charge is 2.58. The van der Waals surface area contributed by atoms with Crippen LogP contribution in [0.1, 0.15) is 59.3 Å².